The van der Waals surface area contributed by atoms with Crippen molar-refractivity contribution in [1.29, 1.82) is 0 Å². The molecule has 0 saturated heterocycles. The molecule has 0 aliphatic rings. The Balaban J connectivity index is 2.04. The third kappa shape index (κ3) is 2.52. The summed E-state index contributed by atoms with van der Waals surface area (Å²) in [6.45, 7) is 9.15. The smallest absolute Gasteiger partial charge is 0.205 e. The maximum atomic E-state index is 12.3. The van der Waals surface area contributed by atoms with Gasteiger partial charge in [0, 0.05) is 23.4 Å². The van der Waals surface area contributed by atoms with Gasteiger partial charge in [-0.15, -0.1) is 0 Å². The quantitative estimate of drug-likeness (QED) is 0.527. The fourth-order valence-electron chi connectivity index (χ4n) is 3.03. The number of aromatic nitrogens is 2. The van der Waals surface area contributed by atoms with Crippen LogP contribution in [0.25, 0.3) is 32.7 Å². The third-order valence-corrected chi connectivity index (χ3v) is 4.32. The van der Waals surface area contributed by atoms with Crippen molar-refractivity contribution in [2.75, 3.05) is 0 Å². The van der Waals surface area contributed by atoms with E-state index in [9.17, 15) is 4.79 Å². The van der Waals surface area contributed by atoms with Gasteiger partial charge < -0.3 is 5.10 Å². The molecular formula is C21H15N3O. The van der Waals surface area contributed by atoms with Gasteiger partial charge in [-0.05, 0) is 18.6 Å². The topological polar surface area (TPSA) is 41.6 Å². The molecule has 25 heavy (non-hydrogen) atoms. The minimum absolute atomic E-state index is 0.0314. The summed E-state index contributed by atoms with van der Waals surface area (Å²) in [5, 5.41) is 3.15. The highest BCUT2D eigenvalue weighted by Gasteiger charge is 2.15. The highest BCUT2D eigenvalue weighted by Crippen LogP contribution is 2.34. The van der Waals surface area contributed by atoms with E-state index >= 15 is 0 Å². The van der Waals surface area contributed by atoms with Crippen LogP contribution < -0.4 is 5.43 Å². The fourth-order valence-corrected chi connectivity index (χ4v) is 3.03. The highest BCUT2D eigenvalue weighted by molar-refractivity contribution is 5.86. The lowest BCUT2D eigenvalue weighted by atomic mass is 10.0. The van der Waals surface area contributed by atoms with E-state index in [0.29, 0.717) is 11.2 Å². The molecule has 4 nitrogen and oxygen atoms in total. The summed E-state index contributed by atoms with van der Waals surface area (Å²) in [5.41, 5.74) is 6.24. The summed E-state index contributed by atoms with van der Waals surface area (Å²) >= 11 is 0. The number of rotatable bonds is 2. The van der Waals surface area contributed by atoms with Crippen molar-refractivity contribution in [3.8, 4) is 22.4 Å². The van der Waals surface area contributed by atoms with E-state index in [4.69, 9.17) is 6.57 Å². The van der Waals surface area contributed by atoms with Crippen LogP contribution in [-0.4, -0.2) is 9.61 Å². The lowest BCUT2D eigenvalue weighted by Gasteiger charge is -2.08. The fraction of sp³-hybridized carbons (Fsp3) is 0.0476. The molecule has 4 rings (SSSR count). The molecule has 1 N–H and O–H groups in total. The van der Waals surface area contributed by atoms with Gasteiger partial charge in [-0.25, -0.2) is 4.85 Å². The Bertz CT molecular complexity index is 1160. The summed E-state index contributed by atoms with van der Waals surface area (Å²) in [7, 11) is 0. The average molecular weight is 325 g/mol. The van der Waals surface area contributed by atoms with Gasteiger partial charge in [0.1, 0.15) is 5.52 Å². The summed E-state index contributed by atoms with van der Waals surface area (Å²) in [6.07, 6.45) is 1.65. The van der Waals surface area contributed by atoms with E-state index in [0.717, 1.165) is 22.4 Å². The number of aryl methyl sites for hydroxylation is 1. The van der Waals surface area contributed by atoms with E-state index < -0.39 is 0 Å². The van der Waals surface area contributed by atoms with Gasteiger partial charge >= 0.3 is 0 Å². The normalized spacial score (nSPS) is 10.7. The van der Waals surface area contributed by atoms with Gasteiger partial charge in [-0.2, -0.15) is 0 Å². The van der Waals surface area contributed by atoms with Crippen LogP contribution in [0.1, 0.15) is 5.56 Å². The molecule has 0 aliphatic carbocycles. The maximum Gasteiger partial charge on any atom is 0.205 e. The number of benzene rings is 2. The largest absolute Gasteiger partial charge is 0.301 e. The van der Waals surface area contributed by atoms with Crippen molar-refractivity contribution in [2.45, 2.75) is 6.92 Å². The molecule has 4 heteroatoms. The number of aromatic amines is 1. The Kier molecular flexibility index (Phi) is 3.48. The number of hydrogen-bond acceptors (Lipinski definition) is 1. The van der Waals surface area contributed by atoms with Crippen molar-refractivity contribution in [2.24, 2.45) is 0 Å². The molecule has 0 radical (unpaired) electrons. The Hall–Kier alpha value is -3.58. The van der Waals surface area contributed by atoms with E-state index in [-0.39, 0.29) is 5.43 Å². The standard InChI is InChI=1S/C21H15N3O/c1-14-3-5-16(6-4-14)21-18(15-7-9-17(22-2)10-8-15)13-19-20(25)11-12-23-24(19)21/h3-13,23H,1H3. The van der Waals surface area contributed by atoms with Crippen LogP contribution >= 0.6 is 0 Å². The zero-order chi connectivity index (χ0) is 17.4. The molecule has 0 aliphatic heterocycles. The number of nitrogens with zero attached hydrogens (tertiary/aromatic N) is 2. The zero-order valence-corrected chi connectivity index (χ0v) is 13.7. The summed E-state index contributed by atoms with van der Waals surface area (Å²) in [5.74, 6) is 0. The Morgan fingerprint density at radius 1 is 0.960 bits per heavy atom. The predicted molar refractivity (Wildman–Crippen MR) is 99.9 cm³/mol. The molecule has 0 saturated carbocycles. The number of nitrogens with one attached hydrogen (secondary N) is 1. The number of fused-ring (bicyclic) bond motifs is 1. The van der Waals surface area contributed by atoms with Crippen molar-refractivity contribution in [3.05, 3.63) is 94.1 Å². The SMILES string of the molecule is [C-]#[N+]c1ccc(-c2cc3c(=O)cc[nH]n3c2-c2ccc(C)cc2)cc1. The summed E-state index contributed by atoms with van der Waals surface area (Å²) in [4.78, 5) is 15.7. The first-order valence-electron chi connectivity index (χ1n) is 7.95. The van der Waals surface area contributed by atoms with Gasteiger partial charge in [0.2, 0.25) is 5.43 Å². The molecule has 0 amide bonds. The molecule has 0 unspecified atom stereocenters. The van der Waals surface area contributed by atoms with E-state index in [2.05, 4.69) is 34.2 Å². The first kappa shape index (κ1) is 15.0. The molecule has 0 spiro atoms. The molecule has 0 bridgehead atoms. The van der Waals surface area contributed by atoms with E-state index in [1.165, 1.54) is 11.6 Å². The van der Waals surface area contributed by atoms with Gasteiger partial charge in [0.05, 0.1) is 12.3 Å². The van der Waals surface area contributed by atoms with Crippen LogP contribution in [0.15, 0.2) is 71.7 Å². The second kappa shape index (κ2) is 5.81. The van der Waals surface area contributed by atoms with Gasteiger partial charge in [-0.1, -0.05) is 54.1 Å². The summed E-state index contributed by atoms with van der Waals surface area (Å²) < 4.78 is 1.82. The third-order valence-electron chi connectivity index (χ3n) is 4.32. The van der Waals surface area contributed by atoms with Gasteiger partial charge in [0.25, 0.3) is 0 Å². The molecule has 0 fully saturated rings. The second-order valence-corrected chi connectivity index (χ2v) is 5.98. The molecular weight excluding hydrogens is 310 g/mol. The molecule has 2 heterocycles. The number of H-pyrrole nitrogens is 1. The average Bonchev–Trinajstić information content (AvgIpc) is 3.03. The van der Waals surface area contributed by atoms with E-state index in [1.54, 1.807) is 18.3 Å². The lowest BCUT2D eigenvalue weighted by Crippen LogP contribution is -2.05. The maximum absolute atomic E-state index is 12.3. The molecule has 2 aromatic heterocycles. The Labute approximate surface area is 144 Å². The minimum atomic E-state index is -0.0314. The highest BCUT2D eigenvalue weighted by atomic mass is 16.1. The number of hydrogen-bond donors (Lipinski definition) is 1. The zero-order valence-electron chi connectivity index (χ0n) is 13.7. The van der Waals surface area contributed by atoms with Crippen molar-refractivity contribution in [3.63, 3.8) is 0 Å². The van der Waals surface area contributed by atoms with E-state index in [1.807, 2.05) is 29.6 Å². The van der Waals surface area contributed by atoms with Crippen molar-refractivity contribution < 1.29 is 0 Å². The van der Waals surface area contributed by atoms with Crippen LogP contribution in [0.4, 0.5) is 5.69 Å². The first-order chi connectivity index (χ1) is 12.2. The molecule has 2 aromatic carbocycles. The monoisotopic (exact) mass is 325 g/mol. The summed E-state index contributed by atoms with van der Waals surface area (Å²) in [6, 6.07) is 19.1. The predicted octanol–water partition coefficient (Wildman–Crippen LogP) is 4.82. The van der Waals surface area contributed by atoms with Crippen LogP contribution in [0, 0.1) is 13.5 Å². The first-order valence-corrected chi connectivity index (χ1v) is 7.95. The van der Waals surface area contributed by atoms with Crippen LogP contribution in [0.2, 0.25) is 0 Å². The second-order valence-electron chi connectivity index (χ2n) is 5.98. The van der Waals surface area contributed by atoms with Crippen LogP contribution in [0.5, 0.6) is 0 Å². The Morgan fingerprint density at radius 3 is 2.32 bits per heavy atom. The van der Waals surface area contributed by atoms with Crippen LogP contribution in [0.3, 0.4) is 0 Å². The van der Waals surface area contributed by atoms with Gasteiger partial charge in [-0.3, -0.25) is 9.31 Å². The molecule has 0 atom stereocenters. The van der Waals surface area contributed by atoms with Crippen LogP contribution in [-0.2, 0) is 0 Å². The van der Waals surface area contributed by atoms with Gasteiger partial charge in [0.15, 0.2) is 5.69 Å². The molecule has 4 aromatic rings. The Morgan fingerprint density at radius 2 is 1.64 bits per heavy atom. The minimum Gasteiger partial charge on any atom is -0.301 e. The molecule has 120 valence electrons. The lowest BCUT2D eigenvalue weighted by molar-refractivity contribution is 0.942. The van der Waals surface area contributed by atoms with Crippen molar-refractivity contribution >= 4 is 11.2 Å². The van der Waals surface area contributed by atoms with Crippen molar-refractivity contribution in [1.82, 2.24) is 9.61 Å².